The van der Waals surface area contributed by atoms with Gasteiger partial charge >= 0.3 is 0 Å². The number of carbonyl (C=O) groups is 2. The van der Waals surface area contributed by atoms with E-state index in [9.17, 15) is 18.8 Å². The molecular formula is C22H16FN3O4S. The number of pyridine rings is 1. The second kappa shape index (κ2) is 8.41. The second-order valence-electron chi connectivity index (χ2n) is 6.59. The van der Waals surface area contributed by atoms with Crippen molar-refractivity contribution in [2.75, 3.05) is 10.6 Å². The van der Waals surface area contributed by atoms with E-state index in [1.54, 1.807) is 13.0 Å². The summed E-state index contributed by atoms with van der Waals surface area (Å²) in [5.41, 5.74) is 0.334. The van der Waals surface area contributed by atoms with E-state index in [0.29, 0.717) is 11.5 Å². The summed E-state index contributed by atoms with van der Waals surface area (Å²) in [6, 6.07) is 12.0. The van der Waals surface area contributed by atoms with E-state index in [2.05, 4.69) is 15.6 Å². The molecule has 0 unspecified atom stereocenters. The van der Waals surface area contributed by atoms with E-state index in [1.807, 2.05) is 17.5 Å². The normalized spacial score (nSPS) is 10.6. The third-order valence-corrected chi connectivity index (χ3v) is 5.42. The van der Waals surface area contributed by atoms with Crippen molar-refractivity contribution >= 4 is 34.5 Å². The lowest BCUT2D eigenvalue weighted by molar-refractivity contribution is 0.101. The number of H-pyrrole nitrogens is 1. The maximum Gasteiger partial charge on any atom is 0.261 e. The fourth-order valence-electron chi connectivity index (χ4n) is 2.94. The Kier molecular flexibility index (Phi) is 5.50. The maximum absolute atomic E-state index is 14.2. The Hall–Kier alpha value is -3.98. The molecule has 0 aliphatic carbocycles. The lowest BCUT2D eigenvalue weighted by Gasteiger charge is -2.10. The first-order valence-electron chi connectivity index (χ1n) is 9.16. The van der Waals surface area contributed by atoms with Crippen LogP contribution >= 0.6 is 11.3 Å². The van der Waals surface area contributed by atoms with Crippen molar-refractivity contribution in [1.82, 2.24) is 4.98 Å². The van der Waals surface area contributed by atoms with Gasteiger partial charge in [-0.1, -0.05) is 6.07 Å². The number of hydrogen-bond donors (Lipinski definition) is 3. The number of aromatic nitrogens is 1. The number of halogens is 1. The van der Waals surface area contributed by atoms with Crippen molar-refractivity contribution in [3.63, 3.8) is 0 Å². The molecule has 2 amide bonds. The van der Waals surface area contributed by atoms with Gasteiger partial charge < -0.3 is 20.0 Å². The second-order valence-corrected chi connectivity index (χ2v) is 7.53. The van der Waals surface area contributed by atoms with Crippen LogP contribution in [-0.4, -0.2) is 16.8 Å². The van der Waals surface area contributed by atoms with Crippen molar-refractivity contribution in [2.24, 2.45) is 0 Å². The predicted octanol–water partition coefficient (Wildman–Crippen LogP) is 4.65. The van der Waals surface area contributed by atoms with Crippen LogP contribution in [0.3, 0.4) is 0 Å². The summed E-state index contributed by atoms with van der Waals surface area (Å²) in [5, 5.41) is 6.88. The van der Waals surface area contributed by atoms with Gasteiger partial charge in [0.1, 0.15) is 17.1 Å². The highest BCUT2D eigenvalue weighted by molar-refractivity contribution is 7.13. The Labute approximate surface area is 179 Å². The van der Waals surface area contributed by atoms with E-state index >= 15 is 0 Å². The van der Waals surface area contributed by atoms with Crippen molar-refractivity contribution in [1.29, 1.82) is 0 Å². The van der Waals surface area contributed by atoms with Crippen LogP contribution in [0.4, 0.5) is 15.8 Å². The molecule has 0 atom stereocenters. The summed E-state index contributed by atoms with van der Waals surface area (Å²) in [4.78, 5) is 40.8. The zero-order chi connectivity index (χ0) is 22.0. The van der Waals surface area contributed by atoms with Gasteiger partial charge in [-0.05, 0) is 54.8 Å². The van der Waals surface area contributed by atoms with Gasteiger partial charge in [-0.25, -0.2) is 4.39 Å². The Morgan fingerprint density at radius 2 is 1.84 bits per heavy atom. The number of rotatable bonds is 5. The fraction of sp³-hybridized carbons (Fsp3) is 0.0455. The molecule has 0 bridgehead atoms. The van der Waals surface area contributed by atoms with Gasteiger partial charge in [0.2, 0.25) is 0 Å². The van der Waals surface area contributed by atoms with Crippen LogP contribution in [0, 0.1) is 12.7 Å². The largest absolute Gasteiger partial charge is 0.469 e. The molecule has 0 aliphatic rings. The molecule has 1 aromatic carbocycles. The molecule has 3 heterocycles. The summed E-state index contributed by atoms with van der Waals surface area (Å²) in [7, 11) is 0. The Morgan fingerprint density at radius 3 is 2.52 bits per heavy atom. The Balaban J connectivity index is 1.52. The average molecular weight is 437 g/mol. The molecule has 0 saturated carbocycles. The van der Waals surface area contributed by atoms with Gasteiger partial charge in [-0.15, -0.1) is 11.3 Å². The van der Waals surface area contributed by atoms with Gasteiger partial charge in [0.25, 0.3) is 17.4 Å². The minimum Gasteiger partial charge on any atom is -0.469 e. The fourth-order valence-corrected chi connectivity index (χ4v) is 3.64. The molecule has 156 valence electrons. The highest BCUT2D eigenvalue weighted by Gasteiger charge is 2.16. The summed E-state index contributed by atoms with van der Waals surface area (Å²) < 4.78 is 19.2. The topological polar surface area (TPSA) is 104 Å². The summed E-state index contributed by atoms with van der Waals surface area (Å²) in [5.74, 6) is -1.49. The third kappa shape index (κ3) is 4.31. The molecule has 0 saturated heterocycles. The number of nitrogens with one attached hydrogen (secondary N) is 3. The molecule has 4 aromatic rings. The van der Waals surface area contributed by atoms with E-state index in [-0.39, 0.29) is 22.5 Å². The minimum atomic E-state index is -0.675. The number of amides is 2. The smallest absolute Gasteiger partial charge is 0.261 e. The van der Waals surface area contributed by atoms with Gasteiger partial charge in [-0.2, -0.15) is 0 Å². The molecule has 0 fully saturated rings. The summed E-state index contributed by atoms with van der Waals surface area (Å²) in [6.07, 6.45) is 1.36. The first-order valence-corrected chi connectivity index (χ1v) is 10.0. The predicted molar refractivity (Wildman–Crippen MR) is 116 cm³/mol. The standard InChI is InChI=1S/C22H16FN3O4S/c1-12-14(8-9-30-12)20(27)26-18-11-13(4-6-16(18)23)24-21(28)15-5-7-17(25-22(15)29)19-3-2-10-31-19/h2-11H,1H3,(H,24,28)(H,25,29)(H,26,27). The van der Waals surface area contributed by atoms with Crippen LogP contribution in [0.25, 0.3) is 10.6 Å². The van der Waals surface area contributed by atoms with Crippen LogP contribution < -0.4 is 16.2 Å². The number of aryl methyl sites for hydroxylation is 1. The zero-order valence-electron chi connectivity index (χ0n) is 16.2. The molecule has 3 aromatic heterocycles. The van der Waals surface area contributed by atoms with Crippen LogP contribution in [0.5, 0.6) is 0 Å². The molecule has 9 heteroatoms. The van der Waals surface area contributed by atoms with Gasteiger partial charge in [0.05, 0.1) is 28.1 Å². The van der Waals surface area contributed by atoms with E-state index in [0.717, 1.165) is 10.9 Å². The molecule has 0 radical (unpaired) electrons. The minimum absolute atomic E-state index is 0.0933. The third-order valence-electron chi connectivity index (χ3n) is 4.52. The highest BCUT2D eigenvalue weighted by atomic mass is 32.1. The van der Waals surface area contributed by atoms with Gasteiger partial charge in [0.15, 0.2) is 0 Å². The number of hydrogen-bond acceptors (Lipinski definition) is 5. The number of aromatic amines is 1. The summed E-state index contributed by atoms with van der Waals surface area (Å²) >= 11 is 1.46. The van der Waals surface area contributed by atoms with E-state index in [4.69, 9.17) is 4.42 Å². The monoisotopic (exact) mass is 437 g/mol. The highest BCUT2D eigenvalue weighted by Crippen LogP contribution is 2.23. The van der Waals surface area contributed by atoms with Crippen LogP contribution in [-0.2, 0) is 0 Å². The molecule has 31 heavy (non-hydrogen) atoms. The molecule has 0 aliphatic heterocycles. The molecule has 4 rings (SSSR count). The van der Waals surface area contributed by atoms with Gasteiger partial charge in [0, 0.05) is 5.69 Å². The Bertz CT molecular complexity index is 1320. The lowest BCUT2D eigenvalue weighted by atomic mass is 10.2. The van der Waals surface area contributed by atoms with E-state index < -0.39 is 23.2 Å². The molecule has 3 N–H and O–H groups in total. The van der Waals surface area contributed by atoms with Crippen molar-refractivity contribution in [3.05, 3.63) is 93.2 Å². The Morgan fingerprint density at radius 1 is 1.03 bits per heavy atom. The van der Waals surface area contributed by atoms with E-state index in [1.165, 1.54) is 41.9 Å². The lowest BCUT2D eigenvalue weighted by Crippen LogP contribution is -2.23. The maximum atomic E-state index is 14.2. The van der Waals surface area contributed by atoms with Gasteiger partial charge in [-0.3, -0.25) is 14.4 Å². The molecule has 0 spiro atoms. The number of thiophene rings is 1. The number of carbonyl (C=O) groups excluding carboxylic acids is 2. The first kappa shape index (κ1) is 20.3. The zero-order valence-corrected chi connectivity index (χ0v) is 17.0. The number of furan rings is 1. The average Bonchev–Trinajstić information content (AvgIpc) is 3.42. The summed E-state index contributed by atoms with van der Waals surface area (Å²) in [6.45, 7) is 1.61. The van der Waals surface area contributed by atoms with Crippen LogP contribution in [0.2, 0.25) is 0 Å². The first-order chi connectivity index (χ1) is 14.9. The number of benzene rings is 1. The van der Waals surface area contributed by atoms with Crippen LogP contribution in [0.15, 0.2) is 69.4 Å². The quantitative estimate of drug-likeness (QED) is 0.423. The van der Waals surface area contributed by atoms with Crippen molar-refractivity contribution in [3.8, 4) is 10.6 Å². The molecular weight excluding hydrogens is 421 g/mol. The van der Waals surface area contributed by atoms with Crippen LogP contribution in [0.1, 0.15) is 26.5 Å². The SMILES string of the molecule is Cc1occc1C(=O)Nc1cc(NC(=O)c2ccc(-c3cccs3)[nH]c2=O)ccc1F. The van der Waals surface area contributed by atoms with Crippen molar-refractivity contribution in [2.45, 2.75) is 6.92 Å². The molecule has 7 nitrogen and oxygen atoms in total. The number of anilines is 2. The van der Waals surface area contributed by atoms with Crippen molar-refractivity contribution < 1.29 is 18.4 Å².